The van der Waals surface area contributed by atoms with Crippen molar-refractivity contribution in [2.24, 2.45) is 0 Å². The van der Waals surface area contributed by atoms with E-state index in [9.17, 15) is 4.79 Å². The maximum Gasteiger partial charge on any atom is 0.411 e. The fourth-order valence-electron chi connectivity index (χ4n) is 1.91. The number of hydrogen-bond acceptors (Lipinski definition) is 8. The van der Waals surface area contributed by atoms with Crippen LogP contribution in [0.1, 0.15) is 0 Å². The summed E-state index contributed by atoms with van der Waals surface area (Å²) < 4.78 is 4.48. The highest BCUT2D eigenvalue weighted by Crippen LogP contribution is 2.28. The highest BCUT2D eigenvalue weighted by Gasteiger charge is 2.17. The topological polar surface area (TPSA) is 158 Å². The lowest BCUT2D eigenvalue weighted by Crippen LogP contribution is -2.16. The number of aromatic amines is 1. The molecule has 0 aliphatic heterocycles. The second-order valence-corrected chi connectivity index (χ2v) is 4.28. The Balaban J connectivity index is 2.08. The average molecular weight is 300 g/mol. The molecule has 22 heavy (non-hydrogen) atoms. The fraction of sp³-hybridized carbons (Fsp3) is 0.0833. The van der Waals surface area contributed by atoms with Gasteiger partial charge >= 0.3 is 6.09 Å². The van der Waals surface area contributed by atoms with Crippen molar-refractivity contribution in [1.29, 1.82) is 0 Å². The molecule has 112 valence electrons. The first-order chi connectivity index (χ1) is 10.6. The lowest BCUT2D eigenvalue weighted by Gasteiger charge is -2.09. The van der Waals surface area contributed by atoms with Gasteiger partial charge in [0.2, 0.25) is 0 Å². The Morgan fingerprint density at radius 3 is 2.73 bits per heavy atom. The molecule has 10 heteroatoms. The summed E-state index contributed by atoms with van der Waals surface area (Å²) in [4.78, 5) is 23.6. The molecule has 0 radical (unpaired) electrons. The summed E-state index contributed by atoms with van der Waals surface area (Å²) in [6.45, 7) is 0. The largest absolute Gasteiger partial charge is 0.453 e. The normalized spacial score (nSPS) is 10.6. The van der Waals surface area contributed by atoms with E-state index in [-0.39, 0.29) is 23.1 Å². The summed E-state index contributed by atoms with van der Waals surface area (Å²) in [7, 11) is 1.22. The van der Waals surface area contributed by atoms with Crippen molar-refractivity contribution < 1.29 is 9.53 Å². The van der Waals surface area contributed by atoms with Crippen molar-refractivity contribution in [2.45, 2.75) is 0 Å². The van der Waals surface area contributed by atoms with E-state index >= 15 is 0 Å². The summed E-state index contributed by atoms with van der Waals surface area (Å²) in [5, 5.41) is 9.98. The number of hydrogen-bond donors (Lipinski definition) is 4. The van der Waals surface area contributed by atoms with Gasteiger partial charge in [0.25, 0.3) is 0 Å². The maximum absolute atomic E-state index is 11.2. The zero-order chi connectivity index (χ0) is 15.7. The Kier molecular flexibility index (Phi) is 3.18. The van der Waals surface area contributed by atoms with Crippen molar-refractivity contribution in [3.8, 4) is 11.5 Å². The molecule has 0 aliphatic rings. The molecular formula is C12H12N8O2. The van der Waals surface area contributed by atoms with Crippen molar-refractivity contribution in [3.05, 3.63) is 18.3 Å². The van der Waals surface area contributed by atoms with E-state index in [4.69, 9.17) is 11.5 Å². The number of carbonyl (C=O) groups excluding carboxylic acids is 1. The van der Waals surface area contributed by atoms with Gasteiger partial charge in [-0.2, -0.15) is 5.10 Å². The molecule has 6 N–H and O–H groups in total. The first-order valence-electron chi connectivity index (χ1n) is 6.17. The van der Waals surface area contributed by atoms with Crippen LogP contribution in [0.5, 0.6) is 0 Å². The summed E-state index contributed by atoms with van der Waals surface area (Å²) in [5.41, 5.74) is 12.8. The summed E-state index contributed by atoms with van der Waals surface area (Å²) in [5.74, 6) is 0.241. The fourth-order valence-corrected chi connectivity index (χ4v) is 1.91. The van der Waals surface area contributed by atoms with Gasteiger partial charge in [-0.25, -0.2) is 19.7 Å². The molecule has 10 nitrogen and oxygen atoms in total. The quantitative estimate of drug-likeness (QED) is 0.540. The number of nitrogens with zero attached hydrogens (tertiary/aromatic N) is 4. The first-order valence-corrected chi connectivity index (χ1v) is 6.17. The number of nitrogen functional groups attached to an aromatic ring is 2. The van der Waals surface area contributed by atoms with Gasteiger partial charge in [-0.1, -0.05) is 0 Å². The molecule has 3 heterocycles. The average Bonchev–Trinajstić information content (AvgIpc) is 2.94. The highest BCUT2D eigenvalue weighted by atomic mass is 16.5. The van der Waals surface area contributed by atoms with Crippen molar-refractivity contribution in [1.82, 2.24) is 25.1 Å². The van der Waals surface area contributed by atoms with Crippen LogP contribution < -0.4 is 16.8 Å². The Labute approximate surface area is 123 Å². The molecule has 3 aromatic rings. The van der Waals surface area contributed by atoms with Crippen LogP contribution in [0.3, 0.4) is 0 Å². The van der Waals surface area contributed by atoms with E-state index in [2.05, 4.69) is 35.2 Å². The van der Waals surface area contributed by atoms with Gasteiger partial charge < -0.3 is 16.2 Å². The number of aromatic nitrogens is 5. The lowest BCUT2D eigenvalue weighted by molar-refractivity contribution is 0.187. The number of pyridine rings is 1. The molecule has 0 saturated heterocycles. The molecule has 3 aromatic heterocycles. The van der Waals surface area contributed by atoms with E-state index in [0.717, 1.165) is 5.39 Å². The van der Waals surface area contributed by atoms with Crippen molar-refractivity contribution >= 4 is 34.4 Å². The van der Waals surface area contributed by atoms with E-state index in [0.29, 0.717) is 11.3 Å². The molecule has 0 unspecified atom stereocenters. The molecule has 0 aromatic carbocycles. The number of carbonyl (C=O) groups is 1. The molecular weight excluding hydrogens is 288 g/mol. The highest BCUT2D eigenvalue weighted by molar-refractivity contribution is 5.94. The Hall–Kier alpha value is -3.43. The smallest absolute Gasteiger partial charge is 0.411 e. The number of fused-ring (bicyclic) bond motifs is 1. The van der Waals surface area contributed by atoms with E-state index in [1.54, 1.807) is 12.3 Å². The molecule has 0 atom stereocenters. The summed E-state index contributed by atoms with van der Waals surface area (Å²) in [6.07, 6.45) is 0.918. The minimum Gasteiger partial charge on any atom is -0.453 e. The van der Waals surface area contributed by atoms with E-state index < -0.39 is 6.09 Å². The first kappa shape index (κ1) is 13.5. The van der Waals surface area contributed by atoms with E-state index in [1.807, 2.05) is 6.07 Å². The van der Waals surface area contributed by atoms with Crippen LogP contribution in [0.15, 0.2) is 18.3 Å². The molecule has 0 saturated carbocycles. The van der Waals surface area contributed by atoms with E-state index in [1.165, 1.54) is 7.11 Å². The van der Waals surface area contributed by atoms with Crippen LogP contribution in [0.25, 0.3) is 22.6 Å². The minimum absolute atomic E-state index is 0.00735. The third-order valence-electron chi connectivity index (χ3n) is 2.93. The van der Waals surface area contributed by atoms with Gasteiger partial charge in [0, 0.05) is 6.20 Å². The molecule has 3 rings (SSSR count). The number of amides is 1. The zero-order valence-electron chi connectivity index (χ0n) is 11.5. The van der Waals surface area contributed by atoms with Gasteiger partial charge in [-0.3, -0.25) is 10.4 Å². The Morgan fingerprint density at radius 2 is 2.05 bits per heavy atom. The maximum atomic E-state index is 11.2. The number of anilines is 3. The molecule has 0 aliphatic carbocycles. The van der Waals surface area contributed by atoms with Crippen molar-refractivity contribution in [3.63, 3.8) is 0 Å². The van der Waals surface area contributed by atoms with Gasteiger partial charge in [0.15, 0.2) is 23.1 Å². The van der Waals surface area contributed by atoms with Gasteiger partial charge in [-0.15, -0.1) is 0 Å². The van der Waals surface area contributed by atoms with Crippen molar-refractivity contribution in [2.75, 3.05) is 23.9 Å². The number of ether oxygens (including phenoxy) is 1. The minimum atomic E-state index is -0.718. The predicted octanol–water partition coefficient (Wildman–Crippen LogP) is 0.758. The van der Waals surface area contributed by atoms with Gasteiger partial charge in [0.1, 0.15) is 11.4 Å². The molecule has 0 bridgehead atoms. The Bertz CT molecular complexity index is 836. The second kappa shape index (κ2) is 5.16. The van der Waals surface area contributed by atoms with Gasteiger partial charge in [-0.05, 0) is 12.1 Å². The molecule has 1 amide bonds. The van der Waals surface area contributed by atoms with Crippen LogP contribution in [0.4, 0.5) is 22.1 Å². The number of methoxy groups -OCH3 is 1. The third kappa shape index (κ3) is 2.22. The third-order valence-corrected chi connectivity index (χ3v) is 2.93. The number of H-pyrrole nitrogens is 1. The monoisotopic (exact) mass is 300 g/mol. The predicted molar refractivity (Wildman–Crippen MR) is 79.8 cm³/mol. The number of nitrogens with two attached hydrogens (primary N) is 2. The second-order valence-electron chi connectivity index (χ2n) is 4.28. The van der Waals surface area contributed by atoms with Gasteiger partial charge in [0.05, 0.1) is 12.5 Å². The standard InChI is InChI=1S/C12H12N8O2/c1-22-12(21)16-7-8(13)17-11(18-9(7)14)6-5-3-2-4-15-10(5)20-19-6/h2-4H,1H3,(H,16,21)(H,15,19,20)(H4,13,14,17,18). The van der Waals surface area contributed by atoms with Crippen LogP contribution >= 0.6 is 0 Å². The van der Waals surface area contributed by atoms with Crippen LogP contribution in [-0.2, 0) is 4.74 Å². The summed E-state index contributed by atoms with van der Waals surface area (Å²) in [6, 6.07) is 3.58. The summed E-state index contributed by atoms with van der Waals surface area (Å²) >= 11 is 0. The number of nitrogens with one attached hydrogen (secondary N) is 2. The SMILES string of the molecule is COC(=O)Nc1c(N)nc(-c2n[nH]c3ncccc23)nc1N. The van der Waals surface area contributed by atoms with Crippen LogP contribution in [-0.4, -0.2) is 38.4 Å². The Morgan fingerprint density at radius 1 is 1.32 bits per heavy atom. The zero-order valence-corrected chi connectivity index (χ0v) is 11.5. The van der Waals surface area contributed by atoms with Crippen LogP contribution in [0, 0.1) is 0 Å². The number of rotatable bonds is 2. The lowest BCUT2D eigenvalue weighted by atomic mass is 10.2. The molecule has 0 spiro atoms. The van der Waals surface area contributed by atoms with Crippen LogP contribution in [0.2, 0.25) is 0 Å². The molecule has 0 fully saturated rings.